The Hall–Kier alpha value is -2.69. The predicted molar refractivity (Wildman–Crippen MR) is 84.6 cm³/mol. The van der Waals surface area contributed by atoms with Gasteiger partial charge in [0, 0.05) is 11.8 Å². The second kappa shape index (κ2) is 7.14. The molecule has 0 saturated heterocycles. The first-order chi connectivity index (χ1) is 12.7. The average molecular weight is 448 g/mol. The van der Waals surface area contributed by atoms with Gasteiger partial charge in [0.05, 0.1) is 16.5 Å². The van der Waals surface area contributed by atoms with Gasteiger partial charge in [0.2, 0.25) is 11.7 Å². The molecular formula is C16H7BrF5N3O2. The van der Waals surface area contributed by atoms with E-state index in [0.29, 0.717) is 0 Å². The fourth-order valence-corrected chi connectivity index (χ4v) is 2.58. The highest BCUT2D eigenvalue weighted by atomic mass is 79.9. The Bertz CT molecular complexity index is 1020. The summed E-state index contributed by atoms with van der Waals surface area (Å²) in [4.78, 5) is 19.1. The van der Waals surface area contributed by atoms with E-state index >= 15 is 0 Å². The molecule has 2 aromatic heterocycles. The molecule has 1 aromatic carbocycles. The summed E-state index contributed by atoms with van der Waals surface area (Å²) in [7, 11) is 0. The van der Waals surface area contributed by atoms with Crippen molar-refractivity contribution in [2.45, 2.75) is 12.6 Å². The normalized spacial score (nSPS) is 11.6. The molecule has 5 nitrogen and oxygen atoms in total. The maximum atomic E-state index is 14.1. The molecule has 0 spiro atoms. The van der Waals surface area contributed by atoms with Gasteiger partial charge in [0.25, 0.3) is 0 Å². The fourth-order valence-electron chi connectivity index (χ4n) is 2.25. The Balaban J connectivity index is 1.90. The first kappa shape index (κ1) is 19.1. The molecule has 0 aliphatic rings. The van der Waals surface area contributed by atoms with Crippen LogP contribution in [0.1, 0.15) is 21.9 Å². The van der Waals surface area contributed by atoms with Crippen LogP contribution in [0.3, 0.4) is 0 Å². The molecule has 0 amide bonds. The second-order valence-electron chi connectivity index (χ2n) is 5.23. The van der Waals surface area contributed by atoms with Crippen LogP contribution in [0.15, 0.2) is 39.5 Å². The van der Waals surface area contributed by atoms with E-state index in [4.69, 9.17) is 4.52 Å². The smallest absolute Gasteiger partial charge is 0.338 e. The van der Waals surface area contributed by atoms with Crippen molar-refractivity contribution in [2.24, 2.45) is 0 Å². The van der Waals surface area contributed by atoms with Gasteiger partial charge in [0.1, 0.15) is 5.82 Å². The van der Waals surface area contributed by atoms with Crippen LogP contribution in [0.5, 0.6) is 0 Å². The van der Waals surface area contributed by atoms with Crippen molar-refractivity contribution in [1.82, 2.24) is 15.1 Å². The van der Waals surface area contributed by atoms with Crippen molar-refractivity contribution < 1.29 is 31.3 Å². The number of hydrogen-bond acceptors (Lipinski definition) is 5. The molecule has 3 aromatic rings. The lowest BCUT2D eigenvalue weighted by molar-refractivity contribution is -0.141. The lowest BCUT2D eigenvalue weighted by Crippen LogP contribution is -2.16. The van der Waals surface area contributed by atoms with Gasteiger partial charge >= 0.3 is 6.18 Å². The van der Waals surface area contributed by atoms with E-state index in [1.165, 1.54) is 6.07 Å². The van der Waals surface area contributed by atoms with Crippen molar-refractivity contribution in [3.8, 4) is 11.4 Å². The number of pyridine rings is 1. The summed E-state index contributed by atoms with van der Waals surface area (Å²) < 4.78 is 71.5. The molecule has 3 rings (SSSR count). The third kappa shape index (κ3) is 3.87. The number of hydrogen-bond donors (Lipinski definition) is 0. The molecule has 27 heavy (non-hydrogen) atoms. The summed E-state index contributed by atoms with van der Waals surface area (Å²) in [6, 6.07) is 4.24. The molecule has 140 valence electrons. The van der Waals surface area contributed by atoms with E-state index in [1.54, 1.807) is 0 Å². The standard InChI is InChI=1S/C16H7BrF5N3O2/c17-8-3-4-9(18)12(13(8)19)15-24-11(27-25-15)6-10(26)7-2-1-5-23-14(7)16(20,21)22/h1-5H,6H2. The lowest BCUT2D eigenvalue weighted by atomic mass is 10.1. The van der Waals surface area contributed by atoms with Crippen molar-refractivity contribution in [2.75, 3.05) is 0 Å². The fraction of sp³-hybridized carbons (Fsp3) is 0.125. The zero-order chi connectivity index (χ0) is 19.8. The number of rotatable bonds is 4. The lowest BCUT2D eigenvalue weighted by Gasteiger charge is -2.09. The minimum Gasteiger partial charge on any atom is -0.338 e. The van der Waals surface area contributed by atoms with E-state index < -0.39 is 58.6 Å². The minimum absolute atomic E-state index is 0.0495. The van der Waals surface area contributed by atoms with Gasteiger partial charge < -0.3 is 4.52 Å². The highest BCUT2D eigenvalue weighted by molar-refractivity contribution is 9.10. The Morgan fingerprint density at radius 1 is 1.19 bits per heavy atom. The largest absolute Gasteiger partial charge is 0.434 e. The van der Waals surface area contributed by atoms with Gasteiger partial charge in [-0.1, -0.05) is 5.16 Å². The van der Waals surface area contributed by atoms with E-state index in [2.05, 4.69) is 31.1 Å². The Morgan fingerprint density at radius 2 is 1.93 bits per heavy atom. The number of alkyl halides is 3. The highest BCUT2D eigenvalue weighted by Gasteiger charge is 2.37. The molecule has 0 aliphatic heterocycles. The monoisotopic (exact) mass is 447 g/mol. The van der Waals surface area contributed by atoms with Crippen LogP contribution in [0, 0.1) is 11.6 Å². The van der Waals surface area contributed by atoms with E-state index in [1.807, 2.05) is 0 Å². The summed E-state index contributed by atoms with van der Waals surface area (Å²) in [5.74, 6) is -3.82. The second-order valence-corrected chi connectivity index (χ2v) is 6.08. The quantitative estimate of drug-likeness (QED) is 0.331. The maximum Gasteiger partial charge on any atom is 0.434 e. The summed E-state index contributed by atoms with van der Waals surface area (Å²) in [6.07, 6.45) is -4.61. The topological polar surface area (TPSA) is 68.9 Å². The number of Topliss-reactive ketones (excluding diaryl/α,β-unsaturated/α-hetero) is 1. The number of carbonyl (C=O) groups excluding carboxylic acids is 1. The summed E-state index contributed by atoms with van der Waals surface area (Å²) in [5.41, 5.74) is -2.62. The first-order valence-electron chi connectivity index (χ1n) is 7.20. The Kier molecular flexibility index (Phi) is 5.05. The van der Waals surface area contributed by atoms with Gasteiger partial charge in [-0.25, -0.2) is 8.78 Å². The molecule has 0 radical (unpaired) electrons. The minimum atomic E-state index is -4.82. The molecule has 0 unspecified atom stereocenters. The van der Waals surface area contributed by atoms with Crippen LogP contribution in [0.4, 0.5) is 22.0 Å². The molecule has 0 saturated carbocycles. The summed E-state index contributed by atoms with van der Waals surface area (Å²) in [5, 5.41) is 3.39. The average Bonchev–Trinajstić information content (AvgIpc) is 3.06. The van der Waals surface area contributed by atoms with E-state index in [-0.39, 0.29) is 4.47 Å². The van der Waals surface area contributed by atoms with E-state index in [0.717, 1.165) is 24.4 Å². The zero-order valence-electron chi connectivity index (χ0n) is 13.0. The third-order valence-electron chi connectivity index (χ3n) is 3.42. The van der Waals surface area contributed by atoms with E-state index in [9.17, 15) is 26.7 Å². The van der Waals surface area contributed by atoms with Crippen LogP contribution in [-0.4, -0.2) is 20.9 Å². The molecule has 0 fully saturated rings. The van der Waals surface area contributed by atoms with Gasteiger partial charge in [0.15, 0.2) is 17.3 Å². The molecular weight excluding hydrogens is 441 g/mol. The number of benzene rings is 1. The predicted octanol–water partition coefficient (Wildman–Crippen LogP) is 4.62. The number of halogens is 6. The Labute approximate surface area is 156 Å². The van der Waals surface area contributed by atoms with Crippen molar-refractivity contribution in [3.05, 3.63) is 63.7 Å². The van der Waals surface area contributed by atoms with Crippen LogP contribution < -0.4 is 0 Å². The number of aromatic nitrogens is 3. The molecule has 0 bridgehead atoms. The van der Waals surface area contributed by atoms with Crippen LogP contribution in [0.25, 0.3) is 11.4 Å². The first-order valence-corrected chi connectivity index (χ1v) is 7.99. The zero-order valence-corrected chi connectivity index (χ0v) is 14.6. The van der Waals surface area contributed by atoms with Crippen molar-refractivity contribution in [1.29, 1.82) is 0 Å². The number of ketones is 1. The third-order valence-corrected chi connectivity index (χ3v) is 4.04. The highest BCUT2D eigenvalue weighted by Crippen LogP contribution is 2.31. The number of nitrogens with zero attached hydrogens (tertiary/aromatic N) is 3. The summed E-state index contributed by atoms with van der Waals surface area (Å²) in [6.45, 7) is 0. The van der Waals surface area contributed by atoms with Crippen LogP contribution >= 0.6 is 15.9 Å². The summed E-state index contributed by atoms with van der Waals surface area (Å²) >= 11 is 2.89. The van der Waals surface area contributed by atoms with Crippen LogP contribution in [0.2, 0.25) is 0 Å². The molecule has 11 heteroatoms. The number of carbonyl (C=O) groups is 1. The van der Waals surface area contributed by atoms with Gasteiger partial charge in [-0.3, -0.25) is 9.78 Å². The van der Waals surface area contributed by atoms with Crippen LogP contribution in [-0.2, 0) is 12.6 Å². The van der Waals surface area contributed by atoms with Crippen molar-refractivity contribution >= 4 is 21.7 Å². The molecule has 0 atom stereocenters. The Morgan fingerprint density at radius 3 is 2.63 bits per heavy atom. The molecule has 0 N–H and O–H groups in total. The van der Waals surface area contributed by atoms with Crippen molar-refractivity contribution in [3.63, 3.8) is 0 Å². The molecule has 0 aliphatic carbocycles. The maximum absolute atomic E-state index is 14.1. The van der Waals surface area contributed by atoms with Gasteiger partial charge in [-0.2, -0.15) is 18.2 Å². The van der Waals surface area contributed by atoms with Gasteiger partial charge in [-0.05, 0) is 40.2 Å². The van der Waals surface area contributed by atoms with Gasteiger partial charge in [-0.15, -0.1) is 0 Å². The SMILES string of the molecule is O=C(Cc1nc(-c2c(F)ccc(Br)c2F)no1)c1cccnc1C(F)(F)F. The molecule has 2 heterocycles.